The van der Waals surface area contributed by atoms with Gasteiger partial charge in [-0.15, -0.1) is 0 Å². The molecule has 1 saturated carbocycles. The van der Waals surface area contributed by atoms with Gasteiger partial charge in [-0.2, -0.15) is 0 Å². The topological polar surface area (TPSA) is 41.4 Å². The fourth-order valence-electron chi connectivity index (χ4n) is 5.41. The molecule has 0 radical (unpaired) electrons. The van der Waals surface area contributed by atoms with Crippen LogP contribution >= 0.6 is 11.6 Å². The Labute approximate surface area is 195 Å². The van der Waals surface area contributed by atoms with Crippen molar-refractivity contribution in [2.45, 2.75) is 57.2 Å². The van der Waals surface area contributed by atoms with E-state index in [0.29, 0.717) is 23.2 Å². The molecule has 6 heteroatoms. The van der Waals surface area contributed by atoms with E-state index in [1.54, 1.807) is 0 Å². The van der Waals surface area contributed by atoms with Crippen LogP contribution in [0.25, 0.3) is 11.0 Å². The summed E-state index contributed by atoms with van der Waals surface area (Å²) < 4.78 is 2.09. The van der Waals surface area contributed by atoms with Gasteiger partial charge in [-0.05, 0) is 55.5 Å². The third kappa shape index (κ3) is 4.28. The predicted molar refractivity (Wildman–Crippen MR) is 129 cm³/mol. The van der Waals surface area contributed by atoms with Crippen LogP contribution in [0.2, 0.25) is 5.02 Å². The van der Waals surface area contributed by atoms with Crippen molar-refractivity contribution in [1.82, 2.24) is 19.4 Å². The maximum absolute atomic E-state index is 13.2. The smallest absolute Gasteiger partial charge is 0.253 e. The van der Waals surface area contributed by atoms with Crippen molar-refractivity contribution in [3.8, 4) is 0 Å². The molecule has 5 rings (SSSR count). The number of hydrogen-bond donors (Lipinski definition) is 0. The first-order chi connectivity index (χ1) is 15.6. The van der Waals surface area contributed by atoms with E-state index in [-0.39, 0.29) is 5.91 Å². The summed E-state index contributed by atoms with van der Waals surface area (Å²) >= 11 is 6.61. The van der Waals surface area contributed by atoms with E-state index in [4.69, 9.17) is 11.6 Å². The predicted octanol–water partition coefficient (Wildman–Crippen LogP) is 5.22. The van der Waals surface area contributed by atoms with Gasteiger partial charge in [-0.25, -0.2) is 4.98 Å². The Balaban J connectivity index is 1.24. The number of para-hydroxylation sites is 2. The zero-order chi connectivity index (χ0) is 22.1. The van der Waals surface area contributed by atoms with E-state index in [1.807, 2.05) is 54.7 Å². The molecular weight excluding hydrogens is 420 g/mol. The van der Waals surface area contributed by atoms with Crippen LogP contribution in [-0.4, -0.2) is 57.5 Å². The molecule has 0 bridgehead atoms. The molecule has 1 amide bonds. The van der Waals surface area contributed by atoms with Crippen LogP contribution in [0.15, 0.2) is 48.8 Å². The second kappa shape index (κ2) is 9.24. The van der Waals surface area contributed by atoms with Gasteiger partial charge in [0.1, 0.15) is 0 Å². The highest BCUT2D eigenvalue weighted by Gasteiger charge is 2.30. The van der Waals surface area contributed by atoms with E-state index in [1.165, 1.54) is 25.7 Å². The highest BCUT2D eigenvalue weighted by atomic mass is 35.5. The Morgan fingerprint density at radius 2 is 1.84 bits per heavy atom. The van der Waals surface area contributed by atoms with Crippen molar-refractivity contribution < 1.29 is 4.79 Å². The van der Waals surface area contributed by atoms with Gasteiger partial charge in [-0.1, -0.05) is 42.6 Å². The third-order valence-corrected chi connectivity index (χ3v) is 7.73. The summed E-state index contributed by atoms with van der Waals surface area (Å²) in [5.74, 6) is 0.0610. The van der Waals surface area contributed by atoms with Crippen molar-refractivity contribution in [3.63, 3.8) is 0 Å². The molecule has 2 fully saturated rings. The number of imidazole rings is 1. The molecule has 0 N–H and O–H groups in total. The molecule has 1 aromatic heterocycles. The minimum atomic E-state index is 0.0610. The van der Waals surface area contributed by atoms with Crippen LogP contribution < -0.4 is 0 Å². The molecule has 0 unspecified atom stereocenters. The second-order valence-corrected chi connectivity index (χ2v) is 9.70. The Morgan fingerprint density at radius 3 is 2.59 bits per heavy atom. The van der Waals surface area contributed by atoms with Crippen molar-refractivity contribution in [2.75, 3.05) is 20.1 Å². The molecule has 1 saturated heterocycles. The number of rotatable bonds is 5. The molecule has 5 nitrogen and oxygen atoms in total. The first-order valence-corrected chi connectivity index (χ1v) is 12.2. The van der Waals surface area contributed by atoms with Crippen LogP contribution in [0.3, 0.4) is 0 Å². The Kier molecular flexibility index (Phi) is 6.20. The van der Waals surface area contributed by atoms with Gasteiger partial charge in [0, 0.05) is 42.8 Å². The standard InChI is InChI=1S/C26H31ClN4O/c1-29(21-12-14-30(15-13-21)22-6-2-3-7-22)26(32)19-10-11-20(23(27)16-19)17-31-18-28-24-8-4-5-9-25(24)31/h4-5,8-11,16,18,21-22H,2-3,6-7,12-15,17H2,1H3. The lowest BCUT2D eigenvalue weighted by Gasteiger charge is -2.39. The fourth-order valence-corrected chi connectivity index (χ4v) is 5.65. The van der Waals surface area contributed by atoms with Gasteiger partial charge < -0.3 is 14.4 Å². The normalized spacial score (nSPS) is 18.4. The fraction of sp³-hybridized carbons (Fsp3) is 0.462. The molecule has 2 heterocycles. The quantitative estimate of drug-likeness (QED) is 0.535. The number of aromatic nitrogens is 2. The average molecular weight is 451 g/mol. The maximum Gasteiger partial charge on any atom is 0.253 e. The summed E-state index contributed by atoms with van der Waals surface area (Å²) in [4.78, 5) is 22.2. The van der Waals surface area contributed by atoms with Gasteiger partial charge in [0.05, 0.1) is 23.9 Å². The van der Waals surface area contributed by atoms with Crippen molar-refractivity contribution >= 4 is 28.5 Å². The molecule has 1 aliphatic heterocycles. The summed E-state index contributed by atoms with van der Waals surface area (Å²) in [6.07, 6.45) is 9.38. The minimum Gasteiger partial charge on any atom is -0.339 e. The molecule has 2 aliphatic rings. The molecule has 0 atom stereocenters. The first kappa shape index (κ1) is 21.5. The van der Waals surface area contributed by atoms with Crippen LogP contribution in [-0.2, 0) is 6.54 Å². The van der Waals surface area contributed by atoms with E-state index < -0.39 is 0 Å². The van der Waals surface area contributed by atoms with Gasteiger partial charge in [0.25, 0.3) is 5.91 Å². The van der Waals surface area contributed by atoms with Crippen LogP contribution in [0.1, 0.15) is 54.4 Å². The van der Waals surface area contributed by atoms with Crippen LogP contribution in [0.5, 0.6) is 0 Å². The number of fused-ring (bicyclic) bond motifs is 1. The van der Waals surface area contributed by atoms with E-state index >= 15 is 0 Å². The van der Waals surface area contributed by atoms with Gasteiger partial charge in [0.2, 0.25) is 0 Å². The summed E-state index contributed by atoms with van der Waals surface area (Å²) in [6.45, 7) is 2.83. The van der Waals surface area contributed by atoms with Crippen molar-refractivity contribution in [2.24, 2.45) is 0 Å². The molecular formula is C26H31ClN4O. The zero-order valence-corrected chi connectivity index (χ0v) is 19.5. The Morgan fingerprint density at radius 1 is 1.09 bits per heavy atom. The molecule has 168 valence electrons. The number of likely N-dealkylation sites (tertiary alicyclic amines) is 1. The van der Waals surface area contributed by atoms with Crippen molar-refractivity contribution in [1.29, 1.82) is 0 Å². The molecule has 0 spiro atoms. The number of nitrogens with zero attached hydrogens (tertiary/aromatic N) is 4. The number of carbonyl (C=O) groups is 1. The Bertz CT molecular complexity index is 1100. The minimum absolute atomic E-state index is 0.0610. The summed E-state index contributed by atoms with van der Waals surface area (Å²) in [5.41, 5.74) is 3.69. The Hall–Kier alpha value is -2.37. The third-order valence-electron chi connectivity index (χ3n) is 7.38. The average Bonchev–Trinajstić information content (AvgIpc) is 3.50. The summed E-state index contributed by atoms with van der Waals surface area (Å²) in [5, 5.41) is 0.623. The van der Waals surface area contributed by atoms with Gasteiger partial charge >= 0.3 is 0 Å². The summed E-state index contributed by atoms with van der Waals surface area (Å²) in [7, 11) is 1.94. The second-order valence-electron chi connectivity index (χ2n) is 9.29. The molecule has 2 aromatic carbocycles. The monoisotopic (exact) mass is 450 g/mol. The lowest BCUT2D eigenvalue weighted by Crippen LogP contribution is -2.48. The van der Waals surface area contributed by atoms with E-state index in [2.05, 4.69) is 20.5 Å². The SMILES string of the molecule is CN(C(=O)c1ccc(Cn2cnc3ccccc32)c(Cl)c1)C1CCN(C2CCCC2)CC1. The highest BCUT2D eigenvalue weighted by molar-refractivity contribution is 6.31. The number of halogens is 1. The number of piperidine rings is 1. The van der Waals surface area contributed by atoms with Gasteiger partial charge in [-0.3, -0.25) is 4.79 Å². The zero-order valence-electron chi connectivity index (χ0n) is 18.7. The largest absolute Gasteiger partial charge is 0.339 e. The van der Waals surface area contributed by atoms with Crippen molar-refractivity contribution in [3.05, 3.63) is 64.9 Å². The lowest BCUT2D eigenvalue weighted by molar-refractivity contribution is 0.0598. The number of amides is 1. The maximum atomic E-state index is 13.2. The molecule has 3 aromatic rings. The lowest BCUT2D eigenvalue weighted by atomic mass is 10.00. The highest BCUT2D eigenvalue weighted by Crippen LogP contribution is 2.28. The molecule has 32 heavy (non-hydrogen) atoms. The van der Waals surface area contributed by atoms with E-state index in [9.17, 15) is 4.79 Å². The molecule has 1 aliphatic carbocycles. The first-order valence-electron chi connectivity index (χ1n) is 11.8. The van der Waals surface area contributed by atoms with Gasteiger partial charge in [0.15, 0.2) is 0 Å². The van der Waals surface area contributed by atoms with E-state index in [0.717, 1.165) is 48.6 Å². The summed E-state index contributed by atoms with van der Waals surface area (Å²) in [6, 6.07) is 14.8. The van der Waals surface area contributed by atoms with Crippen LogP contribution in [0.4, 0.5) is 0 Å². The van der Waals surface area contributed by atoms with Crippen LogP contribution in [0, 0.1) is 0 Å². The number of hydrogen-bond acceptors (Lipinski definition) is 3. The number of benzene rings is 2. The number of carbonyl (C=O) groups excluding carboxylic acids is 1.